The number of rotatable bonds is 0. The van der Waals surface area contributed by atoms with Gasteiger partial charge in [0.15, 0.2) is 0 Å². The Hall–Kier alpha value is -1.51. The fourth-order valence-electron chi connectivity index (χ4n) is 2.28. The molecule has 1 aromatic carbocycles. The molecule has 0 fully saturated rings. The summed E-state index contributed by atoms with van der Waals surface area (Å²) < 4.78 is 5.49. The first-order valence-electron chi connectivity index (χ1n) is 6.48. The summed E-state index contributed by atoms with van der Waals surface area (Å²) in [5, 5.41) is 0. The highest BCUT2D eigenvalue weighted by molar-refractivity contribution is 5.90. The second kappa shape index (κ2) is 4.63. The lowest BCUT2D eigenvalue weighted by Crippen LogP contribution is -2.44. The van der Waals surface area contributed by atoms with E-state index in [1.54, 1.807) is 4.90 Å². The molecule has 3 heteroatoms. The molecule has 0 saturated heterocycles. The van der Waals surface area contributed by atoms with Crippen molar-refractivity contribution < 1.29 is 9.53 Å². The van der Waals surface area contributed by atoms with Crippen LogP contribution in [0.1, 0.15) is 39.7 Å². The zero-order chi connectivity index (χ0) is 13.3. The Labute approximate surface area is 109 Å². The van der Waals surface area contributed by atoms with E-state index in [-0.39, 0.29) is 12.1 Å². The van der Waals surface area contributed by atoms with Crippen LogP contribution in [0.3, 0.4) is 0 Å². The normalized spacial score (nSPS) is 19.3. The zero-order valence-electron chi connectivity index (χ0n) is 11.6. The van der Waals surface area contributed by atoms with E-state index in [4.69, 9.17) is 4.74 Å². The molecule has 18 heavy (non-hydrogen) atoms. The molecule has 98 valence electrons. The van der Waals surface area contributed by atoms with Gasteiger partial charge in [-0.1, -0.05) is 18.2 Å². The van der Waals surface area contributed by atoms with E-state index < -0.39 is 5.60 Å². The fourth-order valence-corrected chi connectivity index (χ4v) is 2.28. The number of para-hydroxylation sites is 1. The summed E-state index contributed by atoms with van der Waals surface area (Å²) in [6.45, 7) is 7.75. The Balaban J connectivity index is 2.29. The average Bonchev–Trinajstić information content (AvgIpc) is 2.26. The van der Waals surface area contributed by atoms with E-state index in [0.717, 1.165) is 18.5 Å². The monoisotopic (exact) mass is 247 g/mol. The van der Waals surface area contributed by atoms with Crippen LogP contribution >= 0.6 is 0 Å². The van der Waals surface area contributed by atoms with Crippen molar-refractivity contribution in [2.75, 3.05) is 4.90 Å². The van der Waals surface area contributed by atoms with Crippen molar-refractivity contribution in [2.24, 2.45) is 0 Å². The summed E-state index contributed by atoms with van der Waals surface area (Å²) in [7, 11) is 0. The van der Waals surface area contributed by atoms with Gasteiger partial charge in [0.2, 0.25) is 0 Å². The Bertz CT molecular complexity index is 448. The van der Waals surface area contributed by atoms with E-state index in [2.05, 4.69) is 13.0 Å². The quantitative estimate of drug-likeness (QED) is 0.698. The SMILES string of the molecule is C[C@H]1CCc2ccccc2N1C(=O)OC(C)(C)C. The number of anilines is 1. The summed E-state index contributed by atoms with van der Waals surface area (Å²) in [5.74, 6) is 0. The topological polar surface area (TPSA) is 29.5 Å². The molecule has 0 bridgehead atoms. The van der Waals surface area contributed by atoms with E-state index >= 15 is 0 Å². The zero-order valence-corrected chi connectivity index (χ0v) is 11.6. The first kappa shape index (κ1) is 12.9. The van der Waals surface area contributed by atoms with E-state index in [9.17, 15) is 4.79 Å². The molecular formula is C15H21NO2. The van der Waals surface area contributed by atoms with Gasteiger partial charge in [0, 0.05) is 6.04 Å². The smallest absolute Gasteiger partial charge is 0.415 e. The molecule has 3 nitrogen and oxygen atoms in total. The first-order valence-corrected chi connectivity index (χ1v) is 6.48. The third kappa shape index (κ3) is 2.66. The van der Waals surface area contributed by atoms with Gasteiger partial charge in [-0.3, -0.25) is 4.90 Å². The maximum atomic E-state index is 12.3. The summed E-state index contributed by atoms with van der Waals surface area (Å²) >= 11 is 0. The number of hydrogen-bond acceptors (Lipinski definition) is 2. The minimum absolute atomic E-state index is 0.190. The van der Waals surface area contributed by atoms with Crippen LogP contribution in [0.2, 0.25) is 0 Å². The highest BCUT2D eigenvalue weighted by Crippen LogP contribution is 2.31. The van der Waals surface area contributed by atoms with Gasteiger partial charge < -0.3 is 4.74 Å². The van der Waals surface area contributed by atoms with Crippen LogP contribution in [0.5, 0.6) is 0 Å². The van der Waals surface area contributed by atoms with Crippen molar-refractivity contribution >= 4 is 11.8 Å². The maximum Gasteiger partial charge on any atom is 0.415 e. The number of nitrogens with zero attached hydrogens (tertiary/aromatic N) is 1. The van der Waals surface area contributed by atoms with Gasteiger partial charge in [-0.15, -0.1) is 0 Å². The lowest BCUT2D eigenvalue weighted by Gasteiger charge is -2.36. The van der Waals surface area contributed by atoms with Gasteiger partial charge in [-0.05, 0) is 52.2 Å². The second-order valence-corrected chi connectivity index (χ2v) is 5.87. The van der Waals surface area contributed by atoms with Crippen molar-refractivity contribution in [3.05, 3.63) is 29.8 Å². The highest BCUT2D eigenvalue weighted by Gasteiger charge is 2.31. The van der Waals surface area contributed by atoms with E-state index in [0.29, 0.717) is 0 Å². The largest absolute Gasteiger partial charge is 0.443 e. The number of carbonyl (C=O) groups excluding carboxylic acids is 1. The second-order valence-electron chi connectivity index (χ2n) is 5.87. The molecule has 1 heterocycles. The Kier molecular flexibility index (Phi) is 3.33. The predicted molar refractivity (Wildman–Crippen MR) is 72.9 cm³/mol. The molecule has 1 aliphatic rings. The van der Waals surface area contributed by atoms with Gasteiger partial charge in [-0.2, -0.15) is 0 Å². The van der Waals surface area contributed by atoms with Crippen LogP contribution in [-0.4, -0.2) is 17.7 Å². The standard InChI is InChI=1S/C15H21NO2/c1-11-9-10-12-7-5-6-8-13(12)16(11)14(17)18-15(2,3)4/h5-8,11H,9-10H2,1-4H3/t11-/m0/s1. The lowest BCUT2D eigenvalue weighted by molar-refractivity contribution is 0.0563. The van der Waals surface area contributed by atoms with Crippen LogP contribution in [0, 0.1) is 0 Å². The van der Waals surface area contributed by atoms with Crippen LogP contribution in [0.15, 0.2) is 24.3 Å². The molecule has 2 rings (SSSR count). The molecular weight excluding hydrogens is 226 g/mol. The van der Waals surface area contributed by atoms with Gasteiger partial charge >= 0.3 is 6.09 Å². The number of carbonyl (C=O) groups is 1. The number of fused-ring (bicyclic) bond motifs is 1. The predicted octanol–water partition coefficient (Wildman–Crippen LogP) is 3.76. The van der Waals surface area contributed by atoms with Crippen molar-refractivity contribution in [2.45, 2.75) is 52.2 Å². The van der Waals surface area contributed by atoms with Crippen molar-refractivity contribution in [1.82, 2.24) is 0 Å². The number of aryl methyl sites for hydroxylation is 1. The fraction of sp³-hybridized carbons (Fsp3) is 0.533. The molecule has 1 aliphatic heterocycles. The summed E-state index contributed by atoms with van der Waals surface area (Å²) in [5.41, 5.74) is 1.76. The van der Waals surface area contributed by atoms with Crippen LogP contribution < -0.4 is 4.90 Å². The van der Waals surface area contributed by atoms with Crippen molar-refractivity contribution in [1.29, 1.82) is 0 Å². The van der Waals surface area contributed by atoms with E-state index in [1.165, 1.54) is 5.56 Å². The van der Waals surface area contributed by atoms with Crippen LogP contribution in [0.4, 0.5) is 10.5 Å². The van der Waals surface area contributed by atoms with Gasteiger partial charge in [-0.25, -0.2) is 4.79 Å². The lowest BCUT2D eigenvalue weighted by atomic mass is 9.97. The molecule has 0 N–H and O–H groups in total. The Morgan fingerprint density at radius 2 is 2.00 bits per heavy atom. The summed E-state index contributed by atoms with van der Waals surface area (Å²) in [6.07, 6.45) is 1.76. The minimum atomic E-state index is -0.455. The molecule has 1 atom stereocenters. The summed E-state index contributed by atoms with van der Waals surface area (Å²) in [6, 6.07) is 8.25. The number of benzene rings is 1. The molecule has 0 spiro atoms. The third-order valence-corrected chi connectivity index (χ3v) is 3.11. The van der Waals surface area contributed by atoms with Crippen LogP contribution in [0.25, 0.3) is 0 Å². The first-order chi connectivity index (χ1) is 8.38. The number of hydrogen-bond donors (Lipinski definition) is 0. The molecule has 1 amide bonds. The van der Waals surface area contributed by atoms with E-state index in [1.807, 2.05) is 39.0 Å². The molecule has 1 aromatic rings. The Morgan fingerprint density at radius 3 is 2.67 bits per heavy atom. The number of ether oxygens (including phenoxy) is 1. The van der Waals surface area contributed by atoms with Crippen molar-refractivity contribution in [3.8, 4) is 0 Å². The third-order valence-electron chi connectivity index (χ3n) is 3.11. The van der Waals surface area contributed by atoms with Gasteiger partial charge in [0.05, 0.1) is 5.69 Å². The minimum Gasteiger partial charge on any atom is -0.443 e. The summed E-state index contributed by atoms with van der Waals surface area (Å²) in [4.78, 5) is 14.1. The average molecular weight is 247 g/mol. The van der Waals surface area contributed by atoms with Crippen molar-refractivity contribution in [3.63, 3.8) is 0 Å². The van der Waals surface area contributed by atoms with Gasteiger partial charge in [0.25, 0.3) is 0 Å². The van der Waals surface area contributed by atoms with Crippen LogP contribution in [-0.2, 0) is 11.2 Å². The molecule has 0 saturated carbocycles. The Morgan fingerprint density at radius 1 is 1.33 bits per heavy atom. The molecule has 0 unspecified atom stereocenters. The highest BCUT2D eigenvalue weighted by atomic mass is 16.6. The molecule has 0 aromatic heterocycles. The number of amides is 1. The molecule has 0 radical (unpaired) electrons. The maximum absolute atomic E-state index is 12.3. The van der Waals surface area contributed by atoms with Gasteiger partial charge in [0.1, 0.15) is 5.60 Å². The molecule has 0 aliphatic carbocycles.